The number of amides is 1. The zero-order chi connectivity index (χ0) is 19.1. The summed E-state index contributed by atoms with van der Waals surface area (Å²) in [5, 5.41) is 0. The first-order valence-electron chi connectivity index (χ1n) is 9.35. The third-order valence-electron chi connectivity index (χ3n) is 5.38. The number of carbonyl (C=O) groups is 1. The van der Waals surface area contributed by atoms with Crippen molar-refractivity contribution < 1.29 is 9.53 Å². The number of anilines is 2. The second-order valence-corrected chi connectivity index (χ2v) is 7.15. The van der Waals surface area contributed by atoms with Crippen LogP contribution in [0.25, 0.3) is 11.2 Å². The number of nitrogen functional groups attached to an aromatic ring is 1. The number of ether oxygens (including phenoxy) is 1. The molecule has 0 saturated carbocycles. The lowest BCUT2D eigenvalue weighted by atomic mass is 10.1. The molecule has 0 unspecified atom stereocenters. The highest BCUT2D eigenvalue weighted by molar-refractivity contribution is 5.84. The molecule has 2 saturated heterocycles. The number of nitrogens with zero attached hydrogens (tertiary/aromatic N) is 5. The predicted octanol–water partition coefficient (Wildman–Crippen LogP) is 0.941. The Morgan fingerprint density at radius 1 is 1.21 bits per heavy atom. The number of nitrogens with two attached hydrogens (primary N) is 1. The highest BCUT2D eigenvalue weighted by Gasteiger charge is 2.42. The molecule has 2 fully saturated rings. The zero-order valence-electron chi connectivity index (χ0n) is 15.3. The van der Waals surface area contributed by atoms with E-state index in [1.54, 1.807) is 6.33 Å². The molecule has 2 aliphatic rings. The van der Waals surface area contributed by atoms with Crippen LogP contribution in [0.3, 0.4) is 0 Å². The number of hydrogen-bond donors (Lipinski definition) is 2. The van der Waals surface area contributed by atoms with Crippen LogP contribution in [0.1, 0.15) is 12.0 Å². The maximum atomic E-state index is 12.8. The molecule has 28 heavy (non-hydrogen) atoms. The SMILES string of the molecule is Nc1nc(N2C[C@@H]3OCCC(=O)N(Cc4ccccc4)[C@H]3C2)c2[nH]cnc2n1. The van der Waals surface area contributed by atoms with E-state index in [0.29, 0.717) is 44.1 Å². The average molecular weight is 379 g/mol. The Hall–Kier alpha value is -3.20. The lowest BCUT2D eigenvalue weighted by molar-refractivity contribution is -0.133. The van der Waals surface area contributed by atoms with Gasteiger partial charge in [0.25, 0.3) is 0 Å². The zero-order valence-corrected chi connectivity index (χ0v) is 15.3. The van der Waals surface area contributed by atoms with Crippen molar-refractivity contribution in [2.45, 2.75) is 25.1 Å². The fourth-order valence-corrected chi connectivity index (χ4v) is 4.07. The van der Waals surface area contributed by atoms with Gasteiger partial charge < -0.3 is 25.3 Å². The molecule has 9 heteroatoms. The van der Waals surface area contributed by atoms with Crippen LogP contribution in [-0.2, 0) is 16.1 Å². The van der Waals surface area contributed by atoms with Gasteiger partial charge in [-0.3, -0.25) is 4.79 Å². The van der Waals surface area contributed by atoms with Gasteiger partial charge in [0.1, 0.15) is 5.52 Å². The first kappa shape index (κ1) is 16.9. The van der Waals surface area contributed by atoms with Gasteiger partial charge in [-0.2, -0.15) is 9.97 Å². The molecular weight excluding hydrogens is 358 g/mol. The molecule has 2 atom stereocenters. The smallest absolute Gasteiger partial charge is 0.225 e. The van der Waals surface area contributed by atoms with Gasteiger partial charge in [-0.15, -0.1) is 0 Å². The van der Waals surface area contributed by atoms with Crippen molar-refractivity contribution in [3.05, 3.63) is 42.2 Å². The largest absolute Gasteiger partial charge is 0.374 e. The van der Waals surface area contributed by atoms with Crippen molar-refractivity contribution >= 4 is 28.8 Å². The van der Waals surface area contributed by atoms with E-state index in [1.165, 1.54) is 0 Å². The molecule has 0 radical (unpaired) electrons. The minimum atomic E-state index is -0.0793. The van der Waals surface area contributed by atoms with Gasteiger partial charge >= 0.3 is 0 Å². The predicted molar refractivity (Wildman–Crippen MR) is 103 cm³/mol. The van der Waals surface area contributed by atoms with Gasteiger partial charge in [-0.1, -0.05) is 30.3 Å². The fraction of sp³-hybridized carbons (Fsp3) is 0.368. The highest BCUT2D eigenvalue weighted by atomic mass is 16.5. The van der Waals surface area contributed by atoms with E-state index in [1.807, 2.05) is 35.2 Å². The first-order chi connectivity index (χ1) is 13.7. The number of nitrogens with one attached hydrogen (secondary N) is 1. The molecule has 2 aliphatic heterocycles. The van der Waals surface area contributed by atoms with Crippen LogP contribution in [0, 0.1) is 0 Å². The van der Waals surface area contributed by atoms with Gasteiger partial charge in [0, 0.05) is 19.6 Å². The van der Waals surface area contributed by atoms with Crippen LogP contribution in [-0.4, -0.2) is 62.6 Å². The monoisotopic (exact) mass is 379 g/mol. The fourth-order valence-electron chi connectivity index (χ4n) is 4.07. The van der Waals surface area contributed by atoms with E-state index >= 15 is 0 Å². The van der Waals surface area contributed by atoms with Crippen molar-refractivity contribution in [1.29, 1.82) is 0 Å². The van der Waals surface area contributed by atoms with Gasteiger partial charge in [0.2, 0.25) is 11.9 Å². The molecule has 0 aliphatic carbocycles. The van der Waals surface area contributed by atoms with Crippen molar-refractivity contribution in [3.63, 3.8) is 0 Å². The molecular formula is C19H21N7O2. The van der Waals surface area contributed by atoms with Crippen molar-refractivity contribution in [2.75, 3.05) is 30.3 Å². The maximum absolute atomic E-state index is 12.8. The van der Waals surface area contributed by atoms with Crippen LogP contribution in [0.15, 0.2) is 36.7 Å². The number of H-pyrrole nitrogens is 1. The number of aromatic amines is 1. The number of imidazole rings is 1. The van der Waals surface area contributed by atoms with Gasteiger partial charge in [0.05, 0.1) is 31.5 Å². The molecule has 3 N–H and O–H groups in total. The number of rotatable bonds is 3. The lowest BCUT2D eigenvalue weighted by Crippen LogP contribution is -2.45. The van der Waals surface area contributed by atoms with E-state index in [4.69, 9.17) is 10.5 Å². The second-order valence-electron chi connectivity index (χ2n) is 7.15. The topological polar surface area (TPSA) is 113 Å². The Morgan fingerprint density at radius 3 is 2.93 bits per heavy atom. The van der Waals surface area contributed by atoms with E-state index in [0.717, 1.165) is 11.1 Å². The Kier molecular flexibility index (Phi) is 4.09. The molecule has 4 heterocycles. The van der Waals surface area contributed by atoms with Crippen molar-refractivity contribution in [3.8, 4) is 0 Å². The molecule has 1 amide bonds. The molecule has 5 rings (SSSR count). The number of benzene rings is 1. The Labute approximate surface area is 161 Å². The maximum Gasteiger partial charge on any atom is 0.225 e. The molecule has 2 aromatic heterocycles. The van der Waals surface area contributed by atoms with Crippen LogP contribution in [0.5, 0.6) is 0 Å². The third kappa shape index (κ3) is 2.93. The summed E-state index contributed by atoms with van der Waals surface area (Å²) in [5.74, 6) is 0.996. The molecule has 9 nitrogen and oxygen atoms in total. The number of carbonyl (C=O) groups excluding carboxylic acids is 1. The highest BCUT2D eigenvalue weighted by Crippen LogP contribution is 2.30. The number of aromatic nitrogens is 4. The summed E-state index contributed by atoms with van der Waals surface area (Å²) < 4.78 is 6.04. The molecule has 0 bridgehead atoms. The van der Waals surface area contributed by atoms with Gasteiger partial charge in [-0.25, -0.2) is 4.98 Å². The Morgan fingerprint density at radius 2 is 2.07 bits per heavy atom. The minimum Gasteiger partial charge on any atom is -0.374 e. The van der Waals surface area contributed by atoms with E-state index in [-0.39, 0.29) is 24.0 Å². The third-order valence-corrected chi connectivity index (χ3v) is 5.38. The molecule has 1 aromatic carbocycles. The summed E-state index contributed by atoms with van der Waals surface area (Å²) in [4.78, 5) is 32.7. The van der Waals surface area contributed by atoms with E-state index in [2.05, 4.69) is 24.8 Å². The summed E-state index contributed by atoms with van der Waals surface area (Å²) in [6, 6.07) is 9.99. The molecule has 0 spiro atoms. The van der Waals surface area contributed by atoms with Crippen LogP contribution < -0.4 is 10.6 Å². The quantitative estimate of drug-likeness (QED) is 0.696. The van der Waals surface area contributed by atoms with Crippen molar-refractivity contribution in [1.82, 2.24) is 24.8 Å². The van der Waals surface area contributed by atoms with E-state index in [9.17, 15) is 4.79 Å². The van der Waals surface area contributed by atoms with Gasteiger partial charge in [0.15, 0.2) is 11.5 Å². The van der Waals surface area contributed by atoms with E-state index < -0.39 is 0 Å². The standard InChI is InChI=1S/C19H21N7O2/c20-19-23-17-16(21-11-22-17)18(24-19)25-9-13-14(10-25)28-7-6-15(27)26(13)8-12-4-2-1-3-5-12/h1-5,11,13-14H,6-10H2,(H3,20,21,22,23,24)/t13-,14-/m0/s1. The minimum absolute atomic E-state index is 0.0515. The Balaban J connectivity index is 1.46. The summed E-state index contributed by atoms with van der Waals surface area (Å²) in [7, 11) is 0. The van der Waals surface area contributed by atoms with Crippen LogP contribution >= 0.6 is 0 Å². The summed E-state index contributed by atoms with van der Waals surface area (Å²) in [6.07, 6.45) is 1.91. The van der Waals surface area contributed by atoms with Gasteiger partial charge in [-0.05, 0) is 5.56 Å². The molecule has 3 aromatic rings. The Bertz CT molecular complexity index is 1010. The summed E-state index contributed by atoms with van der Waals surface area (Å²) in [5.41, 5.74) is 8.26. The van der Waals surface area contributed by atoms with Crippen LogP contribution in [0.4, 0.5) is 11.8 Å². The molecule has 144 valence electrons. The van der Waals surface area contributed by atoms with Crippen LogP contribution in [0.2, 0.25) is 0 Å². The lowest BCUT2D eigenvalue weighted by Gasteiger charge is -2.29. The van der Waals surface area contributed by atoms with Crippen molar-refractivity contribution in [2.24, 2.45) is 0 Å². The second kappa shape index (κ2) is 6.75. The first-order valence-corrected chi connectivity index (χ1v) is 9.35. The number of hydrogen-bond acceptors (Lipinski definition) is 7. The normalized spacial score (nSPS) is 22.5. The summed E-state index contributed by atoms with van der Waals surface area (Å²) >= 11 is 0. The summed E-state index contributed by atoms with van der Waals surface area (Å²) in [6.45, 7) is 2.26. The average Bonchev–Trinajstić information content (AvgIpc) is 3.30. The number of fused-ring (bicyclic) bond motifs is 2.